The summed E-state index contributed by atoms with van der Waals surface area (Å²) in [5, 5.41) is 0. The van der Waals surface area contributed by atoms with E-state index in [9.17, 15) is 0 Å². The molecule has 0 aliphatic rings. The van der Waals surface area contributed by atoms with Crippen LogP contribution in [0.2, 0.25) is 0 Å². The lowest BCUT2D eigenvalue weighted by molar-refractivity contribution is 1.07. The number of anilines is 1. The summed E-state index contributed by atoms with van der Waals surface area (Å²) in [6.07, 6.45) is 0. The fraction of sp³-hybridized carbons (Fsp3) is 0.200. The van der Waals surface area contributed by atoms with Crippen LogP contribution in [0.25, 0.3) is 11.1 Å². The molecule has 2 rings (SSSR count). The van der Waals surface area contributed by atoms with Gasteiger partial charge < -0.3 is 10.6 Å². The molecule has 0 atom stereocenters. The SMILES string of the molecule is CN(C)c1c[c]ccc1-c1ccc(CN)cc1. The lowest BCUT2D eigenvalue weighted by Crippen LogP contribution is -2.09. The summed E-state index contributed by atoms with van der Waals surface area (Å²) < 4.78 is 0. The van der Waals surface area contributed by atoms with Gasteiger partial charge in [0.15, 0.2) is 0 Å². The van der Waals surface area contributed by atoms with E-state index in [0.29, 0.717) is 6.54 Å². The van der Waals surface area contributed by atoms with Gasteiger partial charge in [-0.25, -0.2) is 0 Å². The first-order valence-corrected chi connectivity index (χ1v) is 5.69. The van der Waals surface area contributed by atoms with E-state index in [1.165, 1.54) is 16.8 Å². The van der Waals surface area contributed by atoms with E-state index in [1.54, 1.807) is 0 Å². The van der Waals surface area contributed by atoms with Crippen LogP contribution in [0.3, 0.4) is 0 Å². The largest absolute Gasteiger partial charge is 0.377 e. The summed E-state index contributed by atoms with van der Waals surface area (Å²) in [5.41, 5.74) is 10.4. The Morgan fingerprint density at radius 2 is 1.82 bits per heavy atom. The van der Waals surface area contributed by atoms with Crippen molar-refractivity contribution in [3.05, 3.63) is 54.1 Å². The minimum Gasteiger partial charge on any atom is -0.377 e. The van der Waals surface area contributed by atoms with Gasteiger partial charge in [0.05, 0.1) is 0 Å². The van der Waals surface area contributed by atoms with Gasteiger partial charge in [-0.3, -0.25) is 0 Å². The van der Waals surface area contributed by atoms with E-state index in [-0.39, 0.29) is 0 Å². The van der Waals surface area contributed by atoms with Crippen LogP contribution >= 0.6 is 0 Å². The average Bonchev–Trinajstić information content (AvgIpc) is 2.39. The van der Waals surface area contributed by atoms with Gasteiger partial charge in [0.25, 0.3) is 0 Å². The Morgan fingerprint density at radius 1 is 1.12 bits per heavy atom. The molecule has 0 amide bonds. The summed E-state index contributed by atoms with van der Waals surface area (Å²) in [4.78, 5) is 2.10. The van der Waals surface area contributed by atoms with Crippen molar-refractivity contribution in [2.45, 2.75) is 6.54 Å². The molecule has 0 saturated carbocycles. The Labute approximate surface area is 103 Å². The second-order valence-corrected chi connectivity index (χ2v) is 4.24. The molecule has 2 nitrogen and oxygen atoms in total. The maximum absolute atomic E-state index is 5.60. The molecular weight excluding hydrogens is 208 g/mol. The first kappa shape index (κ1) is 11.7. The van der Waals surface area contributed by atoms with Gasteiger partial charge in [-0.2, -0.15) is 0 Å². The van der Waals surface area contributed by atoms with Gasteiger partial charge in [-0.05, 0) is 23.3 Å². The fourth-order valence-electron chi connectivity index (χ4n) is 1.86. The highest BCUT2D eigenvalue weighted by Crippen LogP contribution is 2.29. The Hall–Kier alpha value is -1.80. The standard InChI is InChI=1S/C15H17N2/c1-17(2)15-6-4-3-5-14(15)13-9-7-12(11-16)8-10-13/h3,5-10H,11,16H2,1-2H3. The molecule has 2 aromatic carbocycles. The third kappa shape index (κ3) is 2.48. The number of hydrogen-bond donors (Lipinski definition) is 1. The van der Waals surface area contributed by atoms with Crippen LogP contribution in [0.1, 0.15) is 5.56 Å². The smallest absolute Gasteiger partial charge is 0.0446 e. The van der Waals surface area contributed by atoms with Gasteiger partial charge in [0, 0.05) is 31.9 Å². The first-order chi connectivity index (χ1) is 8.22. The molecule has 0 fully saturated rings. The highest BCUT2D eigenvalue weighted by molar-refractivity contribution is 5.78. The summed E-state index contributed by atoms with van der Waals surface area (Å²) >= 11 is 0. The van der Waals surface area contributed by atoms with Crippen LogP contribution in [-0.2, 0) is 6.54 Å². The van der Waals surface area contributed by atoms with Gasteiger partial charge in [0.1, 0.15) is 0 Å². The summed E-state index contributed by atoms with van der Waals surface area (Å²) in [6.45, 7) is 0.587. The fourth-order valence-corrected chi connectivity index (χ4v) is 1.86. The molecule has 0 aromatic heterocycles. The van der Waals surface area contributed by atoms with E-state index >= 15 is 0 Å². The molecule has 0 saturated heterocycles. The van der Waals surface area contributed by atoms with Crippen molar-refractivity contribution in [2.24, 2.45) is 5.73 Å². The molecule has 2 N–H and O–H groups in total. The zero-order valence-corrected chi connectivity index (χ0v) is 10.3. The molecule has 2 aromatic rings. The van der Waals surface area contributed by atoms with Gasteiger partial charge in [-0.15, -0.1) is 0 Å². The van der Waals surface area contributed by atoms with Crippen LogP contribution in [0.4, 0.5) is 5.69 Å². The van der Waals surface area contributed by atoms with Crippen LogP contribution in [0, 0.1) is 6.07 Å². The number of hydrogen-bond acceptors (Lipinski definition) is 2. The highest BCUT2D eigenvalue weighted by atomic mass is 15.1. The lowest BCUT2D eigenvalue weighted by Gasteiger charge is -2.17. The Bertz CT molecular complexity index is 487. The molecule has 0 aliphatic carbocycles. The zero-order chi connectivity index (χ0) is 12.3. The summed E-state index contributed by atoms with van der Waals surface area (Å²) in [7, 11) is 4.09. The minimum atomic E-state index is 0.587. The highest BCUT2D eigenvalue weighted by Gasteiger charge is 2.05. The van der Waals surface area contributed by atoms with Crippen molar-refractivity contribution in [3.63, 3.8) is 0 Å². The number of nitrogens with two attached hydrogens (primary N) is 1. The molecule has 0 heterocycles. The van der Waals surface area contributed by atoms with Crippen LogP contribution in [-0.4, -0.2) is 14.1 Å². The number of nitrogens with zero attached hydrogens (tertiary/aromatic N) is 1. The second kappa shape index (κ2) is 5.02. The molecule has 0 spiro atoms. The quantitative estimate of drug-likeness (QED) is 0.870. The number of rotatable bonds is 3. The van der Waals surface area contributed by atoms with Crippen molar-refractivity contribution in [1.29, 1.82) is 0 Å². The normalized spacial score (nSPS) is 10.3. The minimum absolute atomic E-state index is 0.587. The van der Waals surface area contributed by atoms with Gasteiger partial charge >= 0.3 is 0 Å². The molecule has 2 heteroatoms. The Kier molecular flexibility index (Phi) is 3.45. The maximum atomic E-state index is 5.60. The van der Waals surface area contributed by atoms with E-state index < -0.39 is 0 Å². The molecule has 17 heavy (non-hydrogen) atoms. The first-order valence-electron chi connectivity index (χ1n) is 5.69. The second-order valence-electron chi connectivity index (χ2n) is 4.24. The average molecular weight is 225 g/mol. The predicted molar refractivity (Wildman–Crippen MR) is 72.9 cm³/mol. The summed E-state index contributed by atoms with van der Waals surface area (Å²) in [5.74, 6) is 0. The summed E-state index contributed by atoms with van der Waals surface area (Å²) in [6, 6.07) is 17.5. The van der Waals surface area contributed by atoms with Gasteiger partial charge in [-0.1, -0.05) is 36.4 Å². The van der Waals surface area contributed by atoms with Gasteiger partial charge in [0.2, 0.25) is 0 Å². The topological polar surface area (TPSA) is 29.3 Å². The molecule has 1 radical (unpaired) electrons. The van der Waals surface area contributed by atoms with E-state index in [4.69, 9.17) is 5.73 Å². The zero-order valence-electron chi connectivity index (χ0n) is 10.3. The van der Waals surface area contributed by atoms with Crippen molar-refractivity contribution in [1.82, 2.24) is 0 Å². The molecular formula is C15H17N2. The molecule has 0 bridgehead atoms. The third-order valence-electron chi connectivity index (χ3n) is 2.82. The molecule has 87 valence electrons. The van der Waals surface area contributed by atoms with Crippen LogP contribution < -0.4 is 10.6 Å². The molecule has 0 unspecified atom stereocenters. The Balaban J connectivity index is 2.45. The van der Waals surface area contributed by atoms with Crippen molar-refractivity contribution >= 4 is 5.69 Å². The maximum Gasteiger partial charge on any atom is 0.0446 e. The van der Waals surface area contributed by atoms with E-state index in [0.717, 1.165) is 5.56 Å². The van der Waals surface area contributed by atoms with Crippen LogP contribution in [0.15, 0.2) is 42.5 Å². The third-order valence-corrected chi connectivity index (χ3v) is 2.82. The number of benzene rings is 2. The lowest BCUT2D eigenvalue weighted by atomic mass is 10.0. The van der Waals surface area contributed by atoms with E-state index in [1.807, 2.05) is 26.2 Å². The Morgan fingerprint density at radius 3 is 2.41 bits per heavy atom. The van der Waals surface area contributed by atoms with Crippen LogP contribution in [0.5, 0.6) is 0 Å². The monoisotopic (exact) mass is 225 g/mol. The van der Waals surface area contributed by atoms with Crippen molar-refractivity contribution < 1.29 is 0 Å². The van der Waals surface area contributed by atoms with Crippen molar-refractivity contribution in [2.75, 3.05) is 19.0 Å². The predicted octanol–water partition coefficient (Wildman–Crippen LogP) is 2.68. The molecule has 0 aliphatic heterocycles. The van der Waals surface area contributed by atoms with Crippen molar-refractivity contribution in [3.8, 4) is 11.1 Å². The van der Waals surface area contributed by atoms with E-state index in [2.05, 4.69) is 41.3 Å².